The Bertz CT molecular complexity index is 3670. The minimum absolute atomic E-state index is 0.437. The van der Waals surface area contributed by atoms with E-state index >= 15 is 0 Å². The van der Waals surface area contributed by atoms with Crippen molar-refractivity contribution in [3.05, 3.63) is 198 Å². The SMILES string of the molecule is Cc1ccc2c(c1)c1ccccc1n2-c1ccc(C#N)cc1-c1nc(-c2ccccc2)nc(-c2cc(-c3ccc(C#N)cc3)ccc2-n2c3ccccc3c3cc(C)ccc32)n1. The summed E-state index contributed by atoms with van der Waals surface area (Å²) < 4.78 is 4.55. The maximum atomic E-state index is 10.3. The third kappa shape index (κ3) is 6.00. The Morgan fingerprint density at radius 3 is 1.42 bits per heavy atom. The molecule has 0 unspecified atom stereocenters. The standard InChI is InChI=1S/C55H35N7/c1-34-16-24-49-43(28-34)41-12-6-8-14-47(41)61(49)51-26-20-37(33-57)30-45(51)54-58-53(39-10-4-3-5-11-39)59-55(60-54)46-31-40(38-21-18-36(32-56)19-22-38)23-27-52(46)62-48-15-9-7-13-42(48)44-29-35(2)17-25-50(44)62/h3-31H,1-2H3. The van der Waals surface area contributed by atoms with Crippen LogP contribution in [0.4, 0.5) is 0 Å². The van der Waals surface area contributed by atoms with Crippen molar-refractivity contribution in [1.82, 2.24) is 24.1 Å². The third-order valence-corrected chi connectivity index (χ3v) is 11.8. The minimum atomic E-state index is 0.437. The number of nitriles is 2. The molecule has 62 heavy (non-hydrogen) atoms. The molecule has 0 aliphatic carbocycles. The Balaban J connectivity index is 1.23. The van der Waals surface area contributed by atoms with Gasteiger partial charge in [-0.2, -0.15) is 10.5 Å². The zero-order valence-electron chi connectivity index (χ0n) is 33.9. The molecule has 0 aliphatic heterocycles. The minimum Gasteiger partial charge on any atom is -0.309 e. The predicted molar refractivity (Wildman–Crippen MR) is 249 cm³/mol. The molecule has 0 fully saturated rings. The van der Waals surface area contributed by atoms with E-state index in [1.807, 2.05) is 72.8 Å². The summed E-state index contributed by atoms with van der Waals surface area (Å²) in [6.07, 6.45) is 0. The first-order valence-corrected chi connectivity index (χ1v) is 20.5. The molecule has 11 rings (SSSR count). The molecule has 3 heterocycles. The summed E-state index contributed by atoms with van der Waals surface area (Å²) in [5.74, 6) is 1.42. The maximum Gasteiger partial charge on any atom is 0.166 e. The molecule has 7 heteroatoms. The number of nitrogens with zero attached hydrogens (tertiary/aromatic N) is 7. The highest BCUT2D eigenvalue weighted by molar-refractivity contribution is 6.11. The maximum absolute atomic E-state index is 10.3. The lowest BCUT2D eigenvalue weighted by Crippen LogP contribution is -2.06. The topological polar surface area (TPSA) is 96.1 Å². The summed E-state index contributed by atoms with van der Waals surface area (Å²) in [6.45, 7) is 4.23. The highest BCUT2D eigenvalue weighted by Crippen LogP contribution is 2.40. The van der Waals surface area contributed by atoms with E-state index in [9.17, 15) is 10.5 Å². The smallest absolute Gasteiger partial charge is 0.166 e. The molecule has 0 spiro atoms. The van der Waals surface area contributed by atoms with E-state index in [1.165, 1.54) is 11.1 Å². The molecule has 0 saturated heterocycles. The molecule has 0 saturated carbocycles. The van der Waals surface area contributed by atoms with Gasteiger partial charge in [0.2, 0.25) is 0 Å². The van der Waals surface area contributed by atoms with Gasteiger partial charge in [-0.3, -0.25) is 0 Å². The average Bonchev–Trinajstić information content (AvgIpc) is 3.83. The van der Waals surface area contributed by atoms with Gasteiger partial charge < -0.3 is 9.13 Å². The largest absolute Gasteiger partial charge is 0.309 e. The molecule has 7 nitrogen and oxygen atoms in total. The number of rotatable bonds is 6. The van der Waals surface area contributed by atoms with Gasteiger partial charge in [0.1, 0.15) is 0 Å². The number of aryl methyl sites for hydroxylation is 2. The van der Waals surface area contributed by atoms with Crippen molar-refractivity contribution in [3.8, 4) is 68.8 Å². The van der Waals surface area contributed by atoms with Crippen LogP contribution in [0.2, 0.25) is 0 Å². The molecule has 11 aromatic rings. The lowest BCUT2D eigenvalue weighted by molar-refractivity contribution is 1.06. The zero-order chi connectivity index (χ0) is 41.9. The Kier molecular flexibility index (Phi) is 8.56. The molecule has 0 amide bonds. The van der Waals surface area contributed by atoms with Gasteiger partial charge in [-0.1, -0.05) is 108 Å². The second-order valence-corrected chi connectivity index (χ2v) is 15.7. The monoisotopic (exact) mass is 793 g/mol. The first-order valence-electron chi connectivity index (χ1n) is 20.5. The molecule has 0 bridgehead atoms. The van der Waals surface area contributed by atoms with Gasteiger partial charge in [-0.05, 0) is 104 Å². The Morgan fingerprint density at radius 2 is 0.839 bits per heavy atom. The summed E-state index contributed by atoms with van der Waals surface area (Å²) >= 11 is 0. The Labute approximate surface area is 357 Å². The van der Waals surface area contributed by atoms with E-state index in [1.54, 1.807) is 0 Å². The Hall–Kier alpha value is -8.65. The summed E-state index contributed by atoms with van der Waals surface area (Å²) in [7, 11) is 0. The number of hydrogen-bond acceptors (Lipinski definition) is 5. The van der Waals surface area contributed by atoms with Crippen LogP contribution >= 0.6 is 0 Å². The van der Waals surface area contributed by atoms with Gasteiger partial charge >= 0.3 is 0 Å². The lowest BCUT2D eigenvalue weighted by Gasteiger charge is -2.17. The van der Waals surface area contributed by atoms with Crippen molar-refractivity contribution in [2.24, 2.45) is 0 Å². The fraction of sp³-hybridized carbons (Fsp3) is 0.0364. The van der Waals surface area contributed by atoms with Gasteiger partial charge in [0.05, 0.1) is 56.7 Å². The fourth-order valence-corrected chi connectivity index (χ4v) is 8.83. The fourth-order valence-electron chi connectivity index (χ4n) is 8.83. The van der Waals surface area contributed by atoms with Crippen LogP contribution in [0.15, 0.2) is 176 Å². The molecule has 0 aliphatic rings. The van der Waals surface area contributed by atoms with Crippen LogP contribution in [-0.4, -0.2) is 24.1 Å². The highest BCUT2D eigenvalue weighted by atomic mass is 15.1. The van der Waals surface area contributed by atoms with Crippen LogP contribution in [0.1, 0.15) is 22.3 Å². The van der Waals surface area contributed by atoms with Gasteiger partial charge in [0.15, 0.2) is 17.5 Å². The first kappa shape index (κ1) is 36.4. The quantitative estimate of drug-likeness (QED) is 0.167. The van der Waals surface area contributed by atoms with E-state index in [4.69, 9.17) is 15.0 Å². The summed E-state index contributed by atoms with van der Waals surface area (Å²) in [6, 6.07) is 64.4. The van der Waals surface area contributed by atoms with Crippen molar-refractivity contribution >= 4 is 43.6 Å². The highest BCUT2D eigenvalue weighted by Gasteiger charge is 2.23. The molecule has 0 atom stereocenters. The number of hydrogen-bond donors (Lipinski definition) is 0. The van der Waals surface area contributed by atoms with Gasteiger partial charge in [0.25, 0.3) is 0 Å². The van der Waals surface area contributed by atoms with Gasteiger partial charge in [-0.15, -0.1) is 0 Å². The Morgan fingerprint density at radius 1 is 0.371 bits per heavy atom. The van der Waals surface area contributed by atoms with Crippen LogP contribution in [0.5, 0.6) is 0 Å². The first-order chi connectivity index (χ1) is 30.4. The molecular weight excluding hydrogens is 759 g/mol. The molecule has 0 radical (unpaired) electrons. The molecule has 0 N–H and O–H groups in total. The van der Waals surface area contributed by atoms with Crippen molar-refractivity contribution < 1.29 is 0 Å². The van der Waals surface area contributed by atoms with Gasteiger partial charge in [-0.25, -0.2) is 15.0 Å². The van der Waals surface area contributed by atoms with E-state index in [-0.39, 0.29) is 0 Å². The number of para-hydroxylation sites is 2. The number of fused-ring (bicyclic) bond motifs is 6. The normalized spacial score (nSPS) is 11.4. The molecular formula is C55H35N7. The van der Waals surface area contributed by atoms with Gasteiger partial charge in [0, 0.05) is 38.2 Å². The van der Waals surface area contributed by atoms with Crippen LogP contribution < -0.4 is 0 Å². The molecule has 8 aromatic carbocycles. The van der Waals surface area contributed by atoms with E-state index in [0.29, 0.717) is 34.2 Å². The summed E-state index contributed by atoms with van der Waals surface area (Å²) in [5.41, 5.74) is 13.6. The van der Waals surface area contributed by atoms with E-state index in [0.717, 1.165) is 77.2 Å². The molecule has 3 aromatic heterocycles. The van der Waals surface area contributed by atoms with E-state index in [2.05, 4.69) is 138 Å². The summed E-state index contributed by atoms with van der Waals surface area (Å²) in [5, 5.41) is 24.5. The molecule has 290 valence electrons. The number of aromatic nitrogens is 5. The number of benzene rings is 8. The summed E-state index contributed by atoms with van der Waals surface area (Å²) in [4.78, 5) is 16.0. The van der Waals surface area contributed by atoms with Crippen LogP contribution in [0, 0.1) is 36.5 Å². The lowest BCUT2D eigenvalue weighted by atomic mass is 9.99. The van der Waals surface area contributed by atoms with Crippen molar-refractivity contribution in [2.45, 2.75) is 13.8 Å². The zero-order valence-corrected chi connectivity index (χ0v) is 33.9. The average molecular weight is 794 g/mol. The van der Waals surface area contributed by atoms with Crippen LogP contribution in [-0.2, 0) is 0 Å². The van der Waals surface area contributed by atoms with Crippen molar-refractivity contribution in [2.75, 3.05) is 0 Å². The second kappa shape index (κ2) is 14.6. The van der Waals surface area contributed by atoms with Crippen LogP contribution in [0.3, 0.4) is 0 Å². The van der Waals surface area contributed by atoms with Crippen molar-refractivity contribution in [1.29, 1.82) is 10.5 Å². The van der Waals surface area contributed by atoms with Crippen molar-refractivity contribution in [3.63, 3.8) is 0 Å². The second-order valence-electron chi connectivity index (χ2n) is 15.7. The third-order valence-electron chi connectivity index (χ3n) is 11.8. The van der Waals surface area contributed by atoms with Crippen LogP contribution in [0.25, 0.3) is 100 Å². The van der Waals surface area contributed by atoms with E-state index < -0.39 is 0 Å². The predicted octanol–water partition coefficient (Wildman–Crippen LogP) is 13.1.